The van der Waals surface area contributed by atoms with E-state index in [9.17, 15) is 0 Å². The van der Waals surface area contributed by atoms with Crippen LogP contribution in [0.25, 0.3) is 0 Å². The van der Waals surface area contributed by atoms with Crippen LogP contribution in [0, 0.1) is 0 Å². The molecule has 28 heavy (non-hydrogen) atoms. The maximum absolute atomic E-state index is 6.38. The van der Waals surface area contributed by atoms with Crippen molar-refractivity contribution in [1.29, 1.82) is 0 Å². The first-order valence-corrected chi connectivity index (χ1v) is 10.0. The van der Waals surface area contributed by atoms with Crippen molar-refractivity contribution >= 4 is 21.6 Å². The van der Waals surface area contributed by atoms with Crippen LogP contribution in [0.4, 0.5) is 0 Å². The van der Waals surface area contributed by atoms with E-state index in [-0.39, 0.29) is 12.3 Å². The minimum atomic E-state index is -0.254. The first kappa shape index (κ1) is 17.3. The van der Waals surface area contributed by atoms with E-state index in [1.54, 1.807) is 7.11 Å². The van der Waals surface area contributed by atoms with E-state index in [0.29, 0.717) is 0 Å². The maximum Gasteiger partial charge on any atom is 0.213 e. The molecule has 0 spiro atoms. The lowest BCUT2D eigenvalue weighted by Crippen LogP contribution is -2.33. The zero-order valence-electron chi connectivity index (χ0n) is 15.4. The number of hydrogen-bond donors (Lipinski definition) is 0. The van der Waals surface area contributed by atoms with Gasteiger partial charge in [-0.15, -0.1) is 0 Å². The number of hydrogen-bond acceptors (Lipinski definition) is 4. The highest BCUT2D eigenvalue weighted by Gasteiger charge is 2.40. The monoisotopic (exact) mass is 434 g/mol. The summed E-state index contributed by atoms with van der Waals surface area (Å²) in [6.45, 7) is 0. The van der Waals surface area contributed by atoms with Gasteiger partial charge in [0.05, 0.1) is 18.9 Å². The van der Waals surface area contributed by atoms with Crippen LogP contribution in [0.1, 0.15) is 35.4 Å². The van der Waals surface area contributed by atoms with E-state index >= 15 is 0 Å². The van der Waals surface area contributed by atoms with Crippen molar-refractivity contribution < 1.29 is 9.47 Å². The third-order valence-electron chi connectivity index (χ3n) is 5.26. The van der Waals surface area contributed by atoms with Crippen molar-refractivity contribution in [2.24, 2.45) is 5.10 Å². The molecule has 0 saturated heterocycles. The van der Waals surface area contributed by atoms with Crippen molar-refractivity contribution in [3.8, 4) is 11.5 Å². The first-order valence-electron chi connectivity index (χ1n) is 9.24. The zero-order chi connectivity index (χ0) is 19.1. The lowest BCUT2D eigenvalue weighted by atomic mass is 9.96. The molecule has 0 saturated carbocycles. The Balaban J connectivity index is 1.58. The van der Waals surface area contributed by atoms with Gasteiger partial charge in [-0.3, -0.25) is 0 Å². The molecule has 2 aliphatic rings. The number of nitrogens with zero attached hydrogens (tertiary/aromatic N) is 2. The Morgan fingerprint density at radius 1 is 1.04 bits per heavy atom. The van der Waals surface area contributed by atoms with Gasteiger partial charge in [0, 0.05) is 27.6 Å². The van der Waals surface area contributed by atoms with Crippen LogP contribution in [-0.2, 0) is 0 Å². The molecule has 0 unspecified atom stereocenters. The maximum atomic E-state index is 6.38. The number of hydrazone groups is 1. The van der Waals surface area contributed by atoms with Gasteiger partial charge < -0.3 is 9.47 Å². The quantitative estimate of drug-likeness (QED) is 0.529. The van der Waals surface area contributed by atoms with E-state index in [1.807, 2.05) is 42.5 Å². The van der Waals surface area contributed by atoms with Crippen LogP contribution in [0.5, 0.6) is 11.5 Å². The minimum absolute atomic E-state index is 0.153. The molecule has 5 rings (SSSR count). The molecular formula is C23H19BrN2O2. The normalized spacial score (nSPS) is 20.1. The summed E-state index contributed by atoms with van der Waals surface area (Å²) < 4.78 is 12.8. The molecular weight excluding hydrogens is 416 g/mol. The van der Waals surface area contributed by atoms with E-state index < -0.39 is 0 Å². The Morgan fingerprint density at radius 3 is 2.68 bits per heavy atom. The van der Waals surface area contributed by atoms with Crippen molar-refractivity contribution in [2.75, 3.05) is 7.11 Å². The third kappa shape index (κ3) is 2.96. The Hall–Kier alpha value is -2.79. The van der Waals surface area contributed by atoms with Crippen LogP contribution < -0.4 is 9.47 Å². The van der Waals surface area contributed by atoms with Gasteiger partial charge in [-0.05, 0) is 30.3 Å². The molecule has 2 atom stereocenters. The summed E-state index contributed by atoms with van der Waals surface area (Å²) in [5.41, 5.74) is 4.39. The fraction of sp³-hybridized carbons (Fsp3) is 0.174. The van der Waals surface area contributed by atoms with E-state index in [2.05, 4.69) is 51.3 Å². The highest BCUT2D eigenvalue weighted by molar-refractivity contribution is 9.10. The topological polar surface area (TPSA) is 34.1 Å². The van der Waals surface area contributed by atoms with Gasteiger partial charge in [0.2, 0.25) is 6.23 Å². The standard InChI is InChI=1S/C23H19BrN2O2/c1-27-18-6-4-5-16(13-18)20-14-21-19-7-2-3-8-22(19)28-23(26(21)25-20)15-9-11-17(24)12-10-15/h2-13,21,23H,14H2,1H3/t21-,23+/m1/s1. The van der Waals surface area contributed by atoms with Gasteiger partial charge in [-0.25, -0.2) is 5.01 Å². The number of benzene rings is 3. The van der Waals surface area contributed by atoms with Gasteiger partial charge in [0.15, 0.2) is 0 Å². The fourth-order valence-electron chi connectivity index (χ4n) is 3.86. The van der Waals surface area contributed by atoms with Crippen molar-refractivity contribution in [1.82, 2.24) is 5.01 Å². The average Bonchev–Trinajstić information content (AvgIpc) is 3.20. The van der Waals surface area contributed by atoms with Crippen LogP contribution in [0.3, 0.4) is 0 Å². The number of rotatable bonds is 3. The molecule has 5 heteroatoms. The summed E-state index contributed by atoms with van der Waals surface area (Å²) in [5.74, 6) is 1.77. The second-order valence-electron chi connectivity index (χ2n) is 6.94. The highest BCUT2D eigenvalue weighted by atomic mass is 79.9. The molecule has 0 fully saturated rings. The summed E-state index contributed by atoms with van der Waals surface area (Å²) >= 11 is 3.51. The van der Waals surface area contributed by atoms with E-state index in [4.69, 9.17) is 14.6 Å². The summed E-state index contributed by atoms with van der Waals surface area (Å²) in [7, 11) is 1.69. The Bertz CT molecular complexity index is 1050. The third-order valence-corrected chi connectivity index (χ3v) is 5.79. The van der Waals surface area contributed by atoms with Gasteiger partial charge in [0.1, 0.15) is 11.5 Å². The predicted octanol–water partition coefficient (Wildman–Crippen LogP) is 5.70. The summed E-state index contributed by atoms with van der Waals surface area (Å²) in [4.78, 5) is 0. The SMILES string of the molecule is COc1cccc(C2=NN3[C@H](C2)c2ccccc2O[C@H]3c2ccc(Br)cc2)c1. The second-order valence-corrected chi connectivity index (χ2v) is 7.85. The molecule has 140 valence electrons. The van der Waals surface area contributed by atoms with E-state index in [0.717, 1.165) is 39.2 Å². The lowest BCUT2D eigenvalue weighted by Gasteiger charge is -2.38. The zero-order valence-corrected chi connectivity index (χ0v) is 17.0. The van der Waals surface area contributed by atoms with Gasteiger partial charge in [-0.2, -0.15) is 5.10 Å². The number of ether oxygens (including phenoxy) is 2. The summed E-state index contributed by atoms with van der Waals surface area (Å²) in [5, 5.41) is 7.09. The van der Waals surface area contributed by atoms with Crippen molar-refractivity contribution in [3.05, 3.63) is 94.0 Å². The van der Waals surface area contributed by atoms with Crippen molar-refractivity contribution in [2.45, 2.75) is 18.7 Å². The van der Waals surface area contributed by atoms with Gasteiger partial charge in [0.25, 0.3) is 0 Å². The lowest BCUT2D eigenvalue weighted by molar-refractivity contribution is -0.0190. The molecule has 0 aromatic heterocycles. The number of fused-ring (bicyclic) bond motifs is 3. The van der Waals surface area contributed by atoms with Gasteiger partial charge >= 0.3 is 0 Å². The molecule has 2 heterocycles. The van der Waals surface area contributed by atoms with Crippen LogP contribution in [-0.4, -0.2) is 17.8 Å². The Labute approximate surface area is 172 Å². The molecule has 0 radical (unpaired) electrons. The first-order chi connectivity index (χ1) is 13.7. The second kappa shape index (κ2) is 6.99. The molecule has 0 bridgehead atoms. The molecule has 0 N–H and O–H groups in total. The van der Waals surface area contributed by atoms with E-state index in [1.165, 1.54) is 5.56 Å². The molecule has 3 aromatic carbocycles. The molecule has 4 nitrogen and oxygen atoms in total. The highest BCUT2D eigenvalue weighted by Crippen LogP contribution is 2.47. The number of halogens is 1. The number of para-hydroxylation sites is 1. The fourth-order valence-corrected chi connectivity index (χ4v) is 4.12. The molecule has 0 amide bonds. The van der Waals surface area contributed by atoms with Crippen LogP contribution in [0.2, 0.25) is 0 Å². The van der Waals surface area contributed by atoms with Crippen LogP contribution in [0.15, 0.2) is 82.4 Å². The Kier molecular flexibility index (Phi) is 4.32. The van der Waals surface area contributed by atoms with Crippen LogP contribution >= 0.6 is 15.9 Å². The molecule has 2 aliphatic heterocycles. The van der Waals surface area contributed by atoms with Crippen molar-refractivity contribution in [3.63, 3.8) is 0 Å². The smallest absolute Gasteiger partial charge is 0.213 e. The molecule has 3 aromatic rings. The Morgan fingerprint density at radius 2 is 1.86 bits per heavy atom. The largest absolute Gasteiger partial charge is 0.497 e. The minimum Gasteiger partial charge on any atom is -0.497 e. The van der Waals surface area contributed by atoms with Gasteiger partial charge in [-0.1, -0.05) is 58.4 Å². The molecule has 0 aliphatic carbocycles. The predicted molar refractivity (Wildman–Crippen MR) is 113 cm³/mol. The summed E-state index contributed by atoms with van der Waals surface area (Å²) in [6.07, 6.45) is 0.580. The number of methoxy groups -OCH3 is 1. The average molecular weight is 435 g/mol. The summed E-state index contributed by atoms with van der Waals surface area (Å²) in [6, 6.07) is 24.7.